The number of piperazine rings is 1. The minimum Gasteiger partial charge on any atom is -0.335 e. The van der Waals surface area contributed by atoms with Gasteiger partial charge < -0.3 is 4.90 Å². The van der Waals surface area contributed by atoms with Crippen molar-refractivity contribution in [1.82, 2.24) is 19.6 Å². The molecule has 1 aliphatic heterocycles. The van der Waals surface area contributed by atoms with Gasteiger partial charge in [0.2, 0.25) is 0 Å². The molecule has 6 heteroatoms. The first-order valence-corrected chi connectivity index (χ1v) is 8.81. The zero-order chi connectivity index (χ0) is 17.6. The Morgan fingerprint density at radius 2 is 1.76 bits per heavy atom. The van der Waals surface area contributed by atoms with E-state index in [9.17, 15) is 9.59 Å². The molecule has 1 amide bonds. The number of aryl methyl sites for hydroxylation is 1. The molecular formula is C19H24N4O2. The fraction of sp³-hybridized carbons (Fsp3) is 0.421. The maximum Gasteiger partial charge on any atom is 0.274 e. The van der Waals surface area contributed by atoms with E-state index in [1.54, 1.807) is 0 Å². The van der Waals surface area contributed by atoms with Crippen LogP contribution in [0.1, 0.15) is 23.0 Å². The Balaban J connectivity index is 1.53. The molecule has 25 heavy (non-hydrogen) atoms. The van der Waals surface area contributed by atoms with Crippen LogP contribution >= 0.6 is 0 Å². The van der Waals surface area contributed by atoms with E-state index in [-0.39, 0.29) is 11.5 Å². The van der Waals surface area contributed by atoms with Crippen molar-refractivity contribution in [3.8, 4) is 0 Å². The number of carbonyl (C=O) groups is 1. The molecule has 1 fully saturated rings. The molecule has 0 saturated carbocycles. The van der Waals surface area contributed by atoms with Gasteiger partial charge in [0.15, 0.2) is 0 Å². The SMILES string of the molecule is CCn1nc(C(=O)N2CCN(CCc3ccccc3)CC2)ccc1=O. The van der Waals surface area contributed by atoms with Gasteiger partial charge in [-0.15, -0.1) is 0 Å². The average Bonchev–Trinajstić information content (AvgIpc) is 2.67. The summed E-state index contributed by atoms with van der Waals surface area (Å²) < 4.78 is 1.32. The Morgan fingerprint density at radius 3 is 2.44 bits per heavy atom. The lowest BCUT2D eigenvalue weighted by Crippen LogP contribution is -2.49. The summed E-state index contributed by atoms with van der Waals surface area (Å²) >= 11 is 0. The van der Waals surface area contributed by atoms with Gasteiger partial charge in [-0.05, 0) is 25.0 Å². The third-order valence-electron chi connectivity index (χ3n) is 4.60. The van der Waals surface area contributed by atoms with Crippen molar-refractivity contribution >= 4 is 5.91 Å². The first-order valence-electron chi connectivity index (χ1n) is 8.81. The van der Waals surface area contributed by atoms with E-state index in [1.807, 2.05) is 17.9 Å². The third-order valence-corrected chi connectivity index (χ3v) is 4.60. The number of carbonyl (C=O) groups excluding carboxylic acids is 1. The quantitative estimate of drug-likeness (QED) is 0.822. The van der Waals surface area contributed by atoms with E-state index < -0.39 is 0 Å². The maximum absolute atomic E-state index is 12.6. The van der Waals surface area contributed by atoms with Gasteiger partial charge in [0.25, 0.3) is 11.5 Å². The summed E-state index contributed by atoms with van der Waals surface area (Å²) in [6, 6.07) is 13.4. The maximum atomic E-state index is 12.6. The Morgan fingerprint density at radius 1 is 1.04 bits per heavy atom. The van der Waals surface area contributed by atoms with Gasteiger partial charge >= 0.3 is 0 Å². The largest absolute Gasteiger partial charge is 0.335 e. The molecule has 0 radical (unpaired) electrons. The number of hydrogen-bond acceptors (Lipinski definition) is 4. The Labute approximate surface area is 147 Å². The summed E-state index contributed by atoms with van der Waals surface area (Å²) in [5, 5.41) is 4.16. The van der Waals surface area contributed by atoms with Crippen LogP contribution in [0.3, 0.4) is 0 Å². The van der Waals surface area contributed by atoms with Gasteiger partial charge in [0, 0.05) is 45.3 Å². The van der Waals surface area contributed by atoms with Gasteiger partial charge in [-0.1, -0.05) is 30.3 Å². The van der Waals surface area contributed by atoms with Crippen molar-refractivity contribution in [1.29, 1.82) is 0 Å². The molecule has 1 aromatic carbocycles. The molecule has 1 aromatic heterocycles. The summed E-state index contributed by atoms with van der Waals surface area (Å²) in [6.07, 6.45) is 1.03. The molecule has 2 aromatic rings. The van der Waals surface area contributed by atoms with Crippen molar-refractivity contribution in [3.63, 3.8) is 0 Å². The van der Waals surface area contributed by atoms with Gasteiger partial charge in [-0.2, -0.15) is 5.10 Å². The van der Waals surface area contributed by atoms with E-state index in [2.05, 4.69) is 34.3 Å². The molecule has 132 valence electrons. The number of rotatable bonds is 5. The highest BCUT2D eigenvalue weighted by Crippen LogP contribution is 2.08. The van der Waals surface area contributed by atoms with Crippen molar-refractivity contribution in [2.45, 2.75) is 19.9 Å². The predicted molar refractivity (Wildman–Crippen MR) is 96.7 cm³/mol. The molecule has 0 unspecified atom stereocenters. The minimum absolute atomic E-state index is 0.0927. The topological polar surface area (TPSA) is 58.4 Å². The zero-order valence-corrected chi connectivity index (χ0v) is 14.6. The fourth-order valence-corrected chi connectivity index (χ4v) is 3.06. The number of aromatic nitrogens is 2. The van der Waals surface area contributed by atoms with Crippen LogP contribution in [0.5, 0.6) is 0 Å². The molecular weight excluding hydrogens is 316 g/mol. The summed E-state index contributed by atoms with van der Waals surface area (Å²) in [5.41, 5.74) is 1.51. The molecule has 1 aliphatic rings. The average molecular weight is 340 g/mol. The van der Waals surface area contributed by atoms with Crippen molar-refractivity contribution < 1.29 is 4.79 Å². The first-order chi connectivity index (χ1) is 12.2. The lowest BCUT2D eigenvalue weighted by atomic mass is 10.1. The molecule has 0 spiro atoms. The zero-order valence-electron chi connectivity index (χ0n) is 14.6. The molecule has 6 nitrogen and oxygen atoms in total. The van der Waals surface area contributed by atoms with Crippen LogP contribution in [-0.4, -0.2) is 58.2 Å². The van der Waals surface area contributed by atoms with Crippen LogP contribution in [0.15, 0.2) is 47.3 Å². The molecule has 3 rings (SSSR count). The summed E-state index contributed by atoms with van der Waals surface area (Å²) in [4.78, 5) is 28.4. The van der Waals surface area contributed by atoms with Crippen LogP contribution in [-0.2, 0) is 13.0 Å². The monoisotopic (exact) mass is 340 g/mol. The Kier molecular flexibility index (Phi) is 5.60. The van der Waals surface area contributed by atoms with Gasteiger partial charge in [0.1, 0.15) is 5.69 Å². The van der Waals surface area contributed by atoms with Crippen LogP contribution in [0, 0.1) is 0 Å². The standard InChI is InChI=1S/C19H24N4O2/c1-2-23-18(24)9-8-17(20-23)19(25)22-14-12-21(13-15-22)11-10-16-6-4-3-5-7-16/h3-9H,2,10-15H2,1H3. The number of amides is 1. The number of hydrogen-bond donors (Lipinski definition) is 0. The van der Waals surface area contributed by atoms with E-state index in [4.69, 9.17) is 0 Å². The second-order valence-electron chi connectivity index (χ2n) is 6.24. The lowest BCUT2D eigenvalue weighted by Gasteiger charge is -2.34. The number of nitrogens with zero attached hydrogens (tertiary/aromatic N) is 4. The summed E-state index contributed by atoms with van der Waals surface area (Å²) in [7, 11) is 0. The van der Waals surface area contributed by atoms with Crippen molar-refractivity contribution in [3.05, 3.63) is 64.1 Å². The molecule has 0 bridgehead atoms. The van der Waals surface area contributed by atoms with Crippen LogP contribution < -0.4 is 5.56 Å². The van der Waals surface area contributed by atoms with E-state index >= 15 is 0 Å². The molecule has 1 saturated heterocycles. The summed E-state index contributed by atoms with van der Waals surface area (Å²) in [5.74, 6) is -0.0927. The highest BCUT2D eigenvalue weighted by molar-refractivity contribution is 5.92. The van der Waals surface area contributed by atoms with Gasteiger partial charge in [-0.3, -0.25) is 14.5 Å². The normalized spacial score (nSPS) is 15.3. The third kappa shape index (κ3) is 4.33. The molecule has 0 aliphatic carbocycles. The van der Waals surface area contributed by atoms with Gasteiger partial charge in [-0.25, -0.2) is 4.68 Å². The van der Waals surface area contributed by atoms with Crippen LogP contribution in [0.2, 0.25) is 0 Å². The Hall–Kier alpha value is -2.47. The van der Waals surface area contributed by atoms with Crippen LogP contribution in [0.25, 0.3) is 0 Å². The van der Waals surface area contributed by atoms with Crippen molar-refractivity contribution in [2.24, 2.45) is 0 Å². The lowest BCUT2D eigenvalue weighted by molar-refractivity contribution is 0.0630. The molecule has 2 heterocycles. The van der Waals surface area contributed by atoms with Crippen LogP contribution in [0.4, 0.5) is 0 Å². The second-order valence-corrected chi connectivity index (χ2v) is 6.24. The Bertz CT molecular complexity index is 764. The van der Waals surface area contributed by atoms with E-state index in [0.717, 1.165) is 26.1 Å². The smallest absolute Gasteiger partial charge is 0.274 e. The number of benzene rings is 1. The predicted octanol–water partition coefficient (Wildman–Crippen LogP) is 1.26. The van der Waals surface area contributed by atoms with E-state index in [1.165, 1.54) is 22.4 Å². The van der Waals surface area contributed by atoms with Crippen molar-refractivity contribution in [2.75, 3.05) is 32.7 Å². The highest BCUT2D eigenvalue weighted by Gasteiger charge is 2.23. The minimum atomic E-state index is -0.176. The molecule has 0 atom stereocenters. The molecule has 0 N–H and O–H groups in total. The van der Waals surface area contributed by atoms with E-state index in [0.29, 0.717) is 25.3 Å². The fourth-order valence-electron chi connectivity index (χ4n) is 3.06. The highest BCUT2D eigenvalue weighted by atomic mass is 16.2. The summed E-state index contributed by atoms with van der Waals surface area (Å²) in [6.45, 7) is 6.44. The first kappa shape index (κ1) is 17.4. The van der Waals surface area contributed by atoms with Gasteiger partial charge in [0.05, 0.1) is 0 Å². The second kappa shape index (κ2) is 8.07.